The van der Waals surface area contributed by atoms with Gasteiger partial charge in [-0.3, -0.25) is 4.57 Å². The maximum absolute atomic E-state index is 12.9. The van der Waals surface area contributed by atoms with Crippen LogP contribution in [-0.4, -0.2) is 50.2 Å². The van der Waals surface area contributed by atoms with Crippen molar-refractivity contribution < 1.29 is 27.7 Å². The van der Waals surface area contributed by atoms with Crippen LogP contribution in [0, 0.1) is 0 Å². The van der Waals surface area contributed by atoms with Gasteiger partial charge in [-0.2, -0.15) is 0 Å². The standard InChI is InChI=1S/C14H31NO6P2/c1-8-19-23(18,20-9-2)12(22(6,7)17)10-11-15-13(16)21-14(3,4)5/h12H,8-11H2,1-7H3,(H,15,16). The van der Waals surface area contributed by atoms with Crippen LogP contribution in [0.1, 0.15) is 41.0 Å². The van der Waals surface area contributed by atoms with Crippen LogP contribution in [0.25, 0.3) is 0 Å². The molecular formula is C14H31NO6P2. The molecule has 0 fully saturated rings. The third-order valence-corrected chi connectivity index (χ3v) is 9.21. The van der Waals surface area contributed by atoms with Crippen LogP contribution in [0.5, 0.6) is 0 Å². The van der Waals surface area contributed by atoms with E-state index in [4.69, 9.17) is 13.8 Å². The van der Waals surface area contributed by atoms with Gasteiger partial charge < -0.3 is 23.7 Å². The lowest BCUT2D eigenvalue weighted by Gasteiger charge is -2.29. The molecule has 138 valence electrons. The number of hydrogen-bond donors (Lipinski definition) is 1. The molecule has 0 saturated heterocycles. The molecule has 0 aromatic heterocycles. The Kier molecular flexibility index (Phi) is 9.08. The van der Waals surface area contributed by atoms with Crippen molar-refractivity contribution in [2.75, 3.05) is 33.1 Å². The van der Waals surface area contributed by atoms with Crippen molar-refractivity contribution in [1.82, 2.24) is 5.32 Å². The van der Waals surface area contributed by atoms with Crippen molar-refractivity contribution in [2.45, 2.75) is 52.0 Å². The molecule has 1 atom stereocenters. The summed E-state index contributed by atoms with van der Waals surface area (Å²) in [5.41, 5.74) is -0.597. The van der Waals surface area contributed by atoms with Gasteiger partial charge in [-0.25, -0.2) is 4.79 Å². The minimum absolute atomic E-state index is 0.176. The third-order valence-electron chi connectivity index (χ3n) is 2.77. The van der Waals surface area contributed by atoms with Gasteiger partial charge in [0, 0.05) is 6.54 Å². The number of amides is 1. The monoisotopic (exact) mass is 371 g/mol. The van der Waals surface area contributed by atoms with Crippen LogP contribution >= 0.6 is 14.7 Å². The number of carbonyl (C=O) groups is 1. The highest BCUT2D eigenvalue weighted by Crippen LogP contribution is 2.67. The molecule has 23 heavy (non-hydrogen) atoms. The van der Waals surface area contributed by atoms with E-state index in [0.29, 0.717) is 0 Å². The van der Waals surface area contributed by atoms with Crippen LogP contribution < -0.4 is 5.32 Å². The minimum Gasteiger partial charge on any atom is -0.444 e. The van der Waals surface area contributed by atoms with Crippen LogP contribution in [0.15, 0.2) is 0 Å². The molecule has 9 heteroatoms. The van der Waals surface area contributed by atoms with Crippen molar-refractivity contribution in [2.24, 2.45) is 0 Å². The van der Waals surface area contributed by atoms with Gasteiger partial charge in [0.15, 0.2) is 0 Å². The summed E-state index contributed by atoms with van der Waals surface area (Å²) in [4.78, 5) is 11.7. The van der Waals surface area contributed by atoms with E-state index in [0.717, 1.165) is 0 Å². The summed E-state index contributed by atoms with van der Waals surface area (Å²) in [6.07, 6.45) is -0.346. The molecule has 0 aromatic rings. The average Bonchev–Trinajstić information content (AvgIpc) is 2.31. The summed E-state index contributed by atoms with van der Waals surface area (Å²) >= 11 is 0. The number of hydrogen-bond acceptors (Lipinski definition) is 6. The highest BCUT2D eigenvalue weighted by atomic mass is 31.2. The predicted molar refractivity (Wildman–Crippen MR) is 93.0 cm³/mol. The molecule has 0 saturated carbocycles. The maximum Gasteiger partial charge on any atom is 0.407 e. The van der Waals surface area contributed by atoms with Crippen molar-refractivity contribution in [3.05, 3.63) is 0 Å². The first-order valence-corrected chi connectivity index (χ1v) is 12.0. The fraction of sp³-hybridized carbons (Fsp3) is 0.929. The highest BCUT2D eigenvalue weighted by Gasteiger charge is 2.43. The van der Waals surface area contributed by atoms with Crippen molar-refractivity contribution >= 4 is 20.8 Å². The largest absolute Gasteiger partial charge is 0.444 e. The summed E-state index contributed by atoms with van der Waals surface area (Å²) in [5, 5.41) is 1.82. The SMILES string of the molecule is CCOP(=O)(OCC)C(CCNC(=O)OC(C)(C)C)P(C)(C)=O. The van der Waals surface area contributed by atoms with Crippen molar-refractivity contribution in [3.8, 4) is 0 Å². The van der Waals surface area contributed by atoms with E-state index < -0.39 is 31.8 Å². The number of ether oxygens (including phenoxy) is 1. The maximum atomic E-state index is 12.9. The highest BCUT2D eigenvalue weighted by molar-refractivity contribution is 7.77. The van der Waals surface area contributed by atoms with Crippen LogP contribution in [0.3, 0.4) is 0 Å². The quantitative estimate of drug-likeness (QED) is 0.613. The van der Waals surface area contributed by atoms with Crippen LogP contribution in [-0.2, 0) is 22.9 Å². The molecule has 0 aliphatic heterocycles. The average molecular weight is 371 g/mol. The summed E-state index contributed by atoms with van der Waals surface area (Å²) in [7, 11) is -6.27. The molecule has 0 bridgehead atoms. The zero-order valence-electron chi connectivity index (χ0n) is 15.2. The number of nitrogens with one attached hydrogen (secondary N) is 1. The Morgan fingerprint density at radius 1 is 1.09 bits per heavy atom. The molecule has 1 N–H and O–H groups in total. The third kappa shape index (κ3) is 8.90. The van der Waals surface area contributed by atoms with Gasteiger partial charge in [-0.1, -0.05) is 0 Å². The molecule has 0 radical (unpaired) electrons. The van der Waals surface area contributed by atoms with Gasteiger partial charge in [-0.05, 0) is 54.4 Å². The lowest BCUT2D eigenvalue weighted by atomic mass is 10.2. The van der Waals surface area contributed by atoms with E-state index in [2.05, 4.69) is 5.32 Å². The number of rotatable bonds is 9. The molecule has 1 unspecified atom stereocenters. The Bertz CT molecular complexity index is 458. The van der Waals surface area contributed by atoms with Gasteiger partial charge in [-0.15, -0.1) is 0 Å². The van der Waals surface area contributed by atoms with E-state index in [-0.39, 0.29) is 26.2 Å². The zero-order chi connectivity index (χ0) is 18.3. The normalized spacial score (nSPS) is 14.4. The van der Waals surface area contributed by atoms with E-state index >= 15 is 0 Å². The van der Waals surface area contributed by atoms with Gasteiger partial charge in [0.2, 0.25) is 0 Å². The van der Waals surface area contributed by atoms with E-state index in [1.807, 2.05) is 0 Å². The Morgan fingerprint density at radius 2 is 1.57 bits per heavy atom. The molecule has 0 spiro atoms. The Labute approximate surface area is 139 Å². The Morgan fingerprint density at radius 3 is 1.91 bits per heavy atom. The summed E-state index contributed by atoms with van der Waals surface area (Å²) in [5.74, 6) is 0. The molecule has 0 aliphatic carbocycles. The summed E-state index contributed by atoms with van der Waals surface area (Å²) in [6, 6.07) is 0. The smallest absolute Gasteiger partial charge is 0.407 e. The lowest BCUT2D eigenvalue weighted by molar-refractivity contribution is 0.0527. The van der Waals surface area contributed by atoms with Crippen LogP contribution in [0.2, 0.25) is 0 Å². The molecule has 7 nitrogen and oxygen atoms in total. The van der Waals surface area contributed by atoms with Gasteiger partial charge in [0.05, 0.1) is 20.4 Å². The van der Waals surface area contributed by atoms with Gasteiger partial charge >= 0.3 is 13.7 Å². The number of carbonyl (C=O) groups excluding carboxylic acids is 1. The summed E-state index contributed by atoms with van der Waals surface area (Å²) < 4.78 is 41.2. The molecule has 0 aromatic carbocycles. The molecular weight excluding hydrogens is 340 g/mol. The molecule has 1 amide bonds. The van der Waals surface area contributed by atoms with Crippen molar-refractivity contribution in [3.63, 3.8) is 0 Å². The first-order valence-electron chi connectivity index (χ1n) is 7.76. The van der Waals surface area contributed by atoms with E-state index in [1.54, 1.807) is 47.9 Å². The predicted octanol–water partition coefficient (Wildman–Crippen LogP) is 4.12. The topological polar surface area (TPSA) is 90.9 Å². The van der Waals surface area contributed by atoms with Crippen LogP contribution in [0.4, 0.5) is 4.79 Å². The molecule has 0 heterocycles. The molecule has 0 aliphatic rings. The fourth-order valence-corrected chi connectivity index (χ4v) is 7.46. The number of alkyl carbamates (subject to hydrolysis) is 1. The van der Waals surface area contributed by atoms with E-state index in [1.165, 1.54) is 0 Å². The second-order valence-electron chi connectivity index (χ2n) is 6.51. The first-order chi connectivity index (χ1) is 10.4. The molecule has 0 rings (SSSR count). The second-order valence-corrected chi connectivity index (χ2v) is 12.6. The minimum atomic E-state index is -3.51. The zero-order valence-corrected chi connectivity index (χ0v) is 17.0. The van der Waals surface area contributed by atoms with Gasteiger partial charge in [0.25, 0.3) is 0 Å². The van der Waals surface area contributed by atoms with Gasteiger partial charge in [0.1, 0.15) is 11.0 Å². The Balaban J connectivity index is 4.92. The Hall–Kier alpha value is -0.350. The van der Waals surface area contributed by atoms with Crippen molar-refractivity contribution in [1.29, 1.82) is 0 Å². The first kappa shape index (κ1) is 22.6. The fourth-order valence-electron chi connectivity index (χ4n) is 2.00. The second kappa shape index (κ2) is 9.22. The van der Waals surface area contributed by atoms with E-state index in [9.17, 15) is 13.9 Å². The lowest BCUT2D eigenvalue weighted by Crippen LogP contribution is -2.34. The summed E-state index contributed by atoms with van der Waals surface area (Å²) in [6.45, 7) is 12.4.